The van der Waals surface area contributed by atoms with Crippen LogP contribution < -0.4 is 0 Å². The maximum absolute atomic E-state index is 12.0. The molecule has 0 spiro atoms. The number of rotatable bonds is 11. The standard InChI is InChI=1S/C23H35N3O/c1-3-4-5-6-7-8-9-10-13-16-26-21-15-12-11-14-20(21)24-23(26)19-17-22(27)25(2)18-19/h11-12,14-15,19H,3-10,13,16-18H2,1-2H3. The molecule has 1 aliphatic rings. The number of aromatic nitrogens is 2. The average molecular weight is 370 g/mol. The molecule has 1 aromatic carbocycles. The Morgan fingerprint density at radius 2 is 1.67 bits per heavy atom. The first-order chi connectivity index (χ1) is 13.2. The van der Waals surface area contributed by atoms with Crippen LogP contribution in [-0.4, -0.2) is 34.0 Å². The minimum atomic E-state index is 0.230. The minimum Gasteiger partial charge on any atom is -0.345 e. The summed E-state index contributed by atoms with van der Waals surface area (Å²) in [5, 5.41) is 0. The molecule has 0 saturated carbocycles. The van der Waals surface area contributed by atoms with E-state index in [4.69, 9.17) is 4.98 Å². The van der Waals surface area contributed by atoms with Crippen molar-refractivity contribution in [2.75, 3.05) is 13.6 Å². The van der Waals surface area contributed by atoms with Crippen molar-refractivity contribution in [1.82, 2.24) is 14.5 Å². The number of amides is 1. The Morgan fingerprint density at radius 3 is 2.33 bits per heavy atom. The van der Waals surface area contributed by atoms with Crippen molar-refractivity contribution < 1.29 is 4.79 Å². The number of hydrogen-bond donors (Lipinski definition) is 0. The number of fused-ring (bicyclic) bond motifs is 1. The molecule has 2 heterocycles. The summed E-state index contributed by atoms with van der Waals surface area (Å²) >= 11 is 0. The van der Waals surface area contributed by atoms with Crippen molar-refractivity contribution in [3.63, 3.8) is 0 Å². The van der Waals surface area contributed by atoms with Gasteiger partial charge in [0.2, 0.25) is 5.91 Å². The first-order valence-corrected chi connectivity index (χ1v) is 10.9. The van der Waals surface area contributed by atoms with Crippen LogP contribution in [0.3, 0.4) is 0 Å². The van der Waals surface area contributed by atoms with Crippen LogP contribution in [0.4, 0.5) is 0 Å². The fourth-order valence-electron chi connectivity index (χ4n) is 4.26. The van der Waals surface area contributed by atoms with E-state index in [1.54, 1.807) is 0 Å². The van der Waals surface area contributed by atoms with E-state index in [0.29, 0.717) is 6.42 Å². The van der Waals surface area contributed by atoms with Gasteiger partial charge in [0.05, 0.1) is 11.0 Å². The highest BCUT2D eigenvalue weighted by molar-refractivity contribution is 5.80. The molecule has 4 heteroatoms. The van der Waals surface area contributed by atoms with E-state index in [0.717, 1.165) is 24.4 Å². The smallest absolute Gasteiger partial charge is 0.223 e. The number of nitrogens with zero attached hydrogens (tertiary/aromatic N) is 3. The van der Waals surface area contributed by atoms with Gasteiger partial charge in [0.1, 0.15) is 5.82 Å². The normalized spacial score (nSPS) is 17.3. The zero-order valence-corrected chi connectivity index (χ0v) is 17.1. The molecular weight excluding hydrogens is 334 g/mol. The van der Waals surface area contributed by atoms with Crippen LogP contribution in [-0.2, 0) is 11.3 Å². The molecular formula is C23H35N3O. The molecule has 0 radical (unpaired) electrons. The number of likely N-dealkylation sites (tertiary alicyclic amines) is 1. The fourth-order valence-corrected chi connectivity index (χ4v) is 4.26. The number of carbonyl (C=O) groups is 1. The number of aryl methyl sites for hydroxylation is 1. The van der Waals surface area contributed by atoms with Crippen LogP contribution in [0.15, 0.2) is 24.3 Å². The third-order valence-corrected chi connectivity index (χ3v) is 5.88. The summed E-state index contributed by atoms with van der Waals surface area (Å²) < 4.78 is 2.38. The molecule has 1 unspecified atom stereocenters. The molecule has 1 fully saturated rings. The molecule has 27 heavy (non-hydrogen) atoms. The van der Waals surface area contributed by atoms with Crippen LogP contribution in [0.2, 0.25) is 0 Å². The zero-order chi connectivity index (χ0) is 19.1. The molecule has 1 saturated heterocycles. The Kier molecular flexibility index (Phi) is 7.31. The Labute approximate surface area is 164 Å². The van der Waals surface area contributed by atoms with Gasteiger partial charge < -0.3 is 9.47 Å². The van der Waals surface area contributed by atoms with Gasteiger partial charge in [-0.1, -0.05) is 70.4 Å². The fraction of sp³-hybridized carbons (Fsp3) is 0.652. The van der Waals surface area contributed by atoms with E-state index in [-0.39, 0.29) is 11.8 Å². The molecule has 0 bridgehead atoms. The third kappa shape index (κ3) is 5.12. The van der Waals surface area contributed by atoms with E-state index >= 15 is 0 Å². The van der Waals surface area contributed by atoms with Gasteiger partial charge in [-0.25, -0.2) is 4.98 Å². The highest BCUT2D eigenvalue weighted by Gasteiger charge is 2.31. The van der Waals surface area contributed by atoms with Gasteiger partial charge in [-0.2, -0.15) is 0 Å². The summed E-state index contributed by atoms with van der Waals surface area (Å²) in [5.41, 5.74) is 2.28. The first-order valence-electron chi connectivity index (χ1n) is 10.9. The Morgan fingerprint density at radius 1 is 1.00 bits per heavy atom. The molecule has 3 rings (SSSR count). The Balaban J connectivity index is 1.55. The van der Waals surface area contributed by atoms with Gasteiger partial charge in [-0.15, -0.1) is 0 Å². The average Bonchev–Trinajstić information content (AvgIpc) is 3.20. The van der Waals surface area contributed by atoms with Crippen molar-refractivity contribution in [2.24, 2.45) is 0 Å². The number of imidazole rings is 1. The second-order valence-electron chi connectivity index (χ2n) is 8.11. The lowest BCUT2D eigenvalue weighted by Crippen LogP contribution is -2.19. The Hall–Kier alpha value is -1.84. The summed E-state index contributed by atoms with van der Waals surface area (Å²) in [7, 11) is 1.90. The first kappa shape index (κ1) is 19.9. The van der Waals surface area contributed by atoms with Gasteiger partial charge in [-0.05, 0) is 18.6 Å². The van der Waals surface area contributed by atoms with E-state index in [1.807, 2.05) is 18.0 Å². The maximum atomic E-state index is 12.0. The van der Waals surface area contributed by atoms with E-state index in [9.17, 15) is 4.79 Å². The molecule has 0 N–H and O–H groups in total. The van der Waals surface area contributed by atoms with Gasteiger partial charge in [0, 0.05) is 32.5 Å². The molecule has 148 valence electrons. The van der Waals surface area contributed by atoms with Crippen molar-refractivity contribution in [3.8, 4) is 0 Å². The largest absolute Gasteiger partial charge is 0.345 e. The van der Waals surface area contributed by atoms with E-state index in [2.05, 4.69) is 29.7 Å². The van der Waals surface area contributed by atoms with Crippen molar-refractivity contribution in [1.29, 1.82) is 0 Å². The van der Waals surface area contributed by atoms with Gasteiger partial charge >= 0.3 is 0 Å². The highest BCUT2D eigenvalue weighted by atomic mass is 16.2. The number of para-hydroxylation sites is 2. The van der Waals surface area contributed by atoms with Crippen molar-refractivity contribution in [2.45, 2.75) is 83.6 Å². The topological polar surface area (TPSA) is 38.1 Å². The number of unbranched alkanes of at least 4 members (excludes halogenated alkanes) is 8. The lowest BCUT2D eigenvalue weighted by atomic mass is 10.1. The summed E-state index contributed by atoms with van der Waals surface area (Å²) in [6.45, 7) is 4.08. The number of likely N-dealkylation sites (N-methyl/N-ethyl adjacent to an activating group) is 1. The van der Waals surface area contributed by atoms with E-state index < -0.39 is 0 Å². The Bertz CT molecular complexity index is 736. The summed E-state index contributed by atoms with van der Waals surface area (Å²) in [5.74, 6) is 1.57. The van der Waals surface area contributed by atoms with Gasteiger partial charge in [0.25, 0.3) is 0 Å². The van der Waals surface area contributed by atoms with E-state index in [1.165, 1.54) is 63.3 Å². The lowest BCUT2D eigenvalue weighted by Gasteiger charge is -2.14. The highest BCUT2D eigenvalue weighted by Crippen LogP contribution is 2.30. The minimum absolute atomic E-state index is 0.230. The predicted molar refractivity (Wildman–Crippen MR) is 112 cm³/mol. The second-order valence-corrected chi connectivity index (χ2v) is 8.11. The van der Waals surface area contributed by atoms with Crippen LogP contribution in [0.25, 0.3) is 11.0 Å². The second kappa shape index (κ2) is 9.91. The van der Waals surface area contributed by atoms with Crippen LogP contribution in [0.1, 0.15) is 82.9 Å². The molecule has 2 aromatic rings. The number of carbonyl (C=O) groups excluding carboxylic acids is 1. The third-order valence-electron chi connectivity index (χ3n) is 5.88. The van der Waals surface area contributed by atoms with Crippen molar-refractivity contribution >= 4 is 16.9 Å². The van der Waals surface area contributed by atoms with Crippen LogP contribution >= 0.6 is 0 Å². The van der Waals surface area contributed by atoms with Crippen LogP contribution in [0, 0.1) is 0 Å². The summed E-state index contributed by atoms with van der Waals surface area (Å²) in [6, 6.07) is 8.40. The molecule has 1 amide bonds. The van der Waals surface area contributed by atoms with Crippen molar-refractivity contribution in [3.05, 3.63) is 30.1 Å². The van der Waals surface area contributed by atoms with Gasteiger partial charge in [-0.3, -0.25) is 4.79 Å². The molecule has 0 aliphatic carbocycles. The quantitative estimate of drug-likeness (QED) is 0.490. The molecule has 1 aliphatic heterocycles. The molecule has 1 aromatic heterocycles. The monoisotopic (exact) mass is 369 g/mol. The van der Waals surface area contributed by atoms with Crippen LogP contribution in [0.5, 0.6) is 0 Å². The SMILES string of the molecule is CCCCCCCCCCCn1c(C2CC(=O)N(C)C2)nc2ccccc21. The van der Waals surface area contributed by atoms with Gasteiger partial charge in [0.15, 0.2) is 0 Å². The number of hydrogen-bond acceptors (Lipinski definition) is 2. The molecule has 1 atom stereocenters. The predicted octanol–water partition coefficient (Wildman–Crippen LogP) is 5.51. The number of benzene rings is 1. The summed E-state index contributed by atoms with van der Waals surface area (Å²) in [4.78, 5) is 18.7. The summed E-state index contributed by atoms with van der Waals surface area (Å²) in [6.07, 6.45) is 12.7. The zero-order valence-electron chi connectivity index (χ0n) is 17.1. The maximum Gasteiger partial charge on any atom is 0.223 e. The lowest BCUT2D eigenvalue weighted by molar-refractivity contribution is -0.126. The molecule has 4 nitrogen and oxygen atoms in total.